The molecule has 3 nitrogen and oxygen atoms in total. The van der Waals surface area contributed by atoms with Gasteiger partial charge in [-0.15, -0.1) is 0 Å². The maximum Gasteiger partial charge on any atom is 0.135 e. The molecule has 0 aliphatic rings. The van der Waals surface area contributed by atoms with Crippen molar-refractivity contribution in [2.45, 2.75) is 12.8 Å². The van der Waals surface area contributed by atoms with Crippen molar-refractivity contribution >= 4 is 29.5 Å². The van der Waals surface area contributed by atoms with Crippen LogP contribution in [0.1, 0.15) is 23.1 Å². The molecule has 3 aromatic carbocycles. The van der Waals surface area contributed by atoms with Crippen molar-refractivity contribution in [1.82, 2.24) is 0 Å². The second-order valence-electron chi connectivity index (χ2n) is 6.46. The van der Waals surface area contributed by atoms with Gasteiger partial charge in [0.1, 0.15) is 17.8 Å². The number of hydrogen-bond donors (Lipinski definition) is 0. The SMILES string of the molecule is O=CCc1ccc(OCCCOc2ccc(Cl)cc2C#Cc2ccc(Cl)cc2)cc1. The maximum absolute atomic E-state index is 10.5. The van der Waals surface area contributed by atoms with Gasteiger partial charge in [0, 0.05) is 28.5 Å². The van der Waals surface area contributed by atoms with Crippen LogP contribution in [0.5, 0.6) is 11.5 Å². The molecule has 152 valence electrons. The second kappa shape index (κ2) is 11.3. The van der Waals surface area contributed by atoms with Crippen molar-refractivity contribution in [3.8, 4) is 23.3 Å². The van der Waals surface area contributed by atoms with E-state index in [-0.39, 0.29) is 0 Å². The topological polar surface area (TPSA) is 35.5 Å². The first-order valence-corrected chi connectivity index (χ1v) is 10.2. The molecule has 0 atom stereocenters. The van der Waals surface area contributed by atoms with Gasteiger partial charge < -0.3 is 14.3 Å². The summed E-state index contributed by atoms with van der Waals surface area (Å²) in [6.07, 6.45) is 2.01. The van der Waals surface area contributed by atoms with Gasteiger partial charge >= 0.3 is 0 Å². The molecule has 0 saturated carbocycles. The Hall–Kier alpha value is -2.93. The summed E-state index contributed by atoms with van der Waals surface area (Å²) in [6, 6.07) is 20.2. The maximum atomic E-state index is 10.5. The average molecular weight is 439 g/mol. The summed E-state index contributed by atoms with van der Waals surface area (Å²) < 4.78 is 11.6. The molecule has 0 aliphatic heterocycles. The van der Waals surface area contributed by atoms with Crippen LogP contribution in [0.3, 0.4) is 0 Å². The fourth-order valence-electron chi connectivity index (χ4n) is 2.65. The van der Waals surface area contributed by atoms with Crippen LogP contribution in [0, 0.1) is 11.8 Å². The number of benzene rings is 3. The average Bonchev–Trinajstić information content (AvgIpc) is 2.75. The summed E-state index contributed by atoms with van der Waals surface area (Å²) in [5.41, 5.74) is 2.55. The lowest BCUT2D eigenvalue weighted by Crippen LogP contribution is -2.05. The van der Waals surface area contributed by atoms with Crippen LogP contribution in [0.2, 0.25) is 10.0 Å². The van der Waals surface area contributed by atoms with Gasteiger partial charge in [0.05, 0.1) is 18.8 Å². The molecule has 0 aliphatic carbocycles. The van der Waals surface area contributed by atoms with Crippen molar-refractivity contribution in [3.63, 3.8) is 0 Å². The highest BCUT2D eigenvalue weighted by Gasteiger charge is 2.03. The molecule has 0 unspecified atom stereocenters. The Morgan fingerprint density at radius 2 is 1.50 bits per heavy atom. The first kappa shape index (κ1) is 21.8. The molecule has 0 fully saturated rings. The van der Waals surface area contributed by atoms with Crippen molar-refractivity contribution in [3.05, 3.63) is 93.5 Å². The Bertz CT molecular complexity index is 1030. The Morgan fingerprint density at radius 3 is 2.23 bits per heavy atom. The Balaban J connectivity index is 1.53. The first-order chi connectivity index (χ1) is 14.6. The summed E-state index contributed by atoms with van der Waals surface area (Å²) in [6.45, 7) is 1.01. The van der Waals surface area contributed by atoms with Gasteiger partial charge in [-0.25, -0.2) is 0 Å². The molecule has 0 aromatic heterocycles. The number of ether oxygens (including phenoxy) is 2. The van der Waals surface area contributed by atoms with E-state index in [1.165, 1.54) is 0 Å². The molecule has 0 spiro atoms. The Morgan fingerprint density at radius 1 is 0.800 bits per heavy atom. The standard InChI is InChI=1S/C25H20Cl2O3/c26-22-8-3-19(4-9-22)2-7-21-18-23(27)10-13-25(21)30-17-1-16-29-24-11-5-20(6-12-24)14-15-28/h3-6,8-13,15,18H,1,14,16-17H2. The van der Waals surface area contributed by atoms with Gasteiger partial charge in [0.2, 0.25) is 0 Å². The minimum atomic E-state index is 0.415. The van der Waals surface area contributed by atoms with Gasteiger partial charge in [-0.1, -0.05) is 47.2 Å². The number of carbonyl (C=O) groups excluding carboxylic acids is 1. The number of aldehydes is 1. The van der Waals surface area contributed by atoms with E-state index in [2.05, 4.69) is 11.8 Å². The fourth-order valence-corrected chi connectivity index (χ4v) is 2.95. The number of rotatable bonds is 8. The zero-order chi connectivity index (χ0) is 21.2. The summed E-state index contributed by atoms with van der Waals surface area (Å²) >= 11 is 12.0. The quantitative estimate of drug-likeness (QED) is 0.246. The van der Waals surface area contributed by atoms with Crippen LogP contribution < -0.4 is 9.47 Å². The van der Waals surface area contributed by atoms with E-state index in [0.29, 0.717) is 41.9 Å². The van der Waals surface area contributed by atoms with Crippen molar-refractivity contribution in [2.24, 2.45) is 0 Å². The smallest absolute Gasteiger partial charge is 0.135 e. The third-order valence-corrected chi connectivity index (χ3v) is 4.67. The third kappa shape index (κ3) is 6.84. The monoisotopic (exact) mass is 438 g/mol. The first-order valence-electron chi connectivity index (χ1n) is 9.49. The molecule has 30 heavy (non-hydrogen) atoms. The fraction of sp³-hybridized carbons (Fsp3) is 0.160. The van der Waals surface area contributed by atoms with Crippen molar-refractivity contribution in [2.75, 3.05) is 13.2 Å². The molecule has 3 rings (SSSR count). The van der Waals surface area contributed by atoms with E-state index in [9.17, 15) is 4.79 Å². The van der Waals surface area contributed by atoms with Gasteiger partial charge in [0.25, 0.3) is 0 Å². The van der Waals surface area contributed by atoms with Gasteiger partial charge in [-0.2, -0.15) is 0 Å². The van der Waals surface area contributed by atoms with Crippen LogP contribution in [0.15, 0.2) is 66.7 Å². The Labute approximate surface area is 186 Å². The van der Waals surface area contributed by atoms with E-state index < -0.39 is 0 Å². The molecular formula is C25H20Cl2O3. The lowest BCUT2D eigenvalue weighted by atomic mass is 10.1. The van der Waals surface area contributed by atoms with Crippen LogP contribution in [-0.2, 0) is 11.2 Å². The zero-order valence-electron chi connectivity index (χ0n) is 16.2. The highest BCUT2D eigenvalue weighted by molar-refractivity contribution is 6.31. The molecule has 0 saturated heterocycles. The van der Waals surface area contributed by atoms with E-state index in [1.54, 1.807) is 24.3 Å². The van der Waals surface area contributed by atoms with Gasteiger partial charge in [-0.3, -0.25) is 0 Å². The molecule has 0 radical (unpaired) electrons. The minimum absolute atomic E-state index is 0.415. The molecule has 3 aromatic rings. The molecular weight excluding hydrogens is 419 g/mol. The van der Waals surface area contributed by atoms with E-state index in [4.69, 9.17) is 32.7 Å². The van der Waals surface area contributed by atoms with Crippen LogP contribution in [0.25, 0.3) is 0 Å². The summed E-state index contributed by atoms with van der Waals surface area (Å²) in [4.78, 5) is 10.5. The zero-order valence-corrected chi connectivity index (χ0v) is 17.7. The predicted octanol–water partition coefficient (Wildman–Crippen LogP) is 5.98. The lowest BCUT2D eigenvalue weighted by Gasteiger charge is -2.10. The van der Waals surface area contributed by atoms with Crippen molar-refractivity contribution < 1.29 is 14.3 Å². The van der Waals surface area contributed by atoms with E-state index in [1.807, 2.05) is 42.5 Å². The normalized spacial score (nSPS) is 10.1. The van der Waals surface area contributed by atoms with E-state index in [0.717, 1.165) is 28.7 Å². The highest BCUT2D eigenvalue weighted by Crippen LogP contribution is 2.22. The second-order valence-corrected chi connectivity index (χ2v) is 7.34. The molecule has 0 amide bonds. The predicted molar refractivity (Wildman–Crippen MR) is 121 cm³/mol. The van der Waals surface area contributed by atoms with Crippen LogP contribution in [-0.4, -0.2) is 19.5 Å². The van der Waals surface area contributed by atoms with Gasteiger partial charge in [-0.05, 0) is 60.2 Å². The number of carbonyl (C=O) groups is 1. The van der Waals surface area contributed by atoms with E-state index >= 15 is 0 Å². The van der Waals surface area contributed by atoms with Crippen LogP contribution in [0.4, 0.5) is 0 Å². The van der Waals surface area contributed by atoms with Crippen LogP contribution >= 0.6 is 23.2 Å². The number of halogens is 2. The minimum Gasteiger partial charge on any atom is -0.493 e. The highest BCUT2D eigenvalue weighted by atomic mass is 35.5. The Kier molecular flexibility index (Phi) is 8.20. The van der Waals surface area contributed by atoms with Crippen molar-refractivity contribution in [1.29, 1.82) is 0 Å². The summed E-state index contributed by atoms with van der Waals surface area (Å²) in [7, 11) is 0. The molecule has 0 heterocycles. The largest absolute Gasteiger partial charge is 0.493 e. The molecule has 5 heteroatoms. The molecule has 0 bridgehead atoms. The summed E-state index contributed by atoms with van der Waals surface area (Å²) in [5, 5.41) is 1.27. The van der Waals surface area contributed by atoms with Gasteiger partial charge in [0.15, 0.2) is 0 Å². The number of hydrogen-bond acceptors (Lipinski definition) is 3. The lowest BCUT2D eigenvalue weighted by molar-refractivity contribution is -0.107. The summed E-state index contributed by atoms with van der Waals surface area (Å²) in [5.74, 6) is 7.66. The third-order valence-electron chi connectivity index (χ3n) is 4.18. The molecule has 0 N–H and O–H groups in total.